The molecule has 1 saturated heterocycles. The number of hydrogen-bond donors (Lipinski definition) is 0. The quantitative estimate of drug-likeness (QED) is 0.399. The molecule has 0 saturated carbocycles. The van der Waals surface area contributed by atoms with E-state index in [1.807, 2.05) is 10.7 Å². The van der Waals surface area contributed by atoms with Crippen LogP contribution in [0, 0.1) is 19.8 Å². The smallest absolute Gasteiger partial charge is 0.174 e. The van der Waals surface area contributed by atoms with Crippen LogP contribution in [0.3, 0.4) is 0 Å². The molecule has 1 aliphatic heterocycles. The topological polar surface area (TPSA) is 68.5 Å². The number of nitrogens with zero attached hydrogens (tertiary/aromatic N) is 6. The highest BCUT2D eigenvalue weighted by molar-refractivity contribution is 5.49. The molecule has 5 rings (SSSR count). The van der Waals surface area contributed by atoms with Crippen LogP contribution in [0.5, 0.6) is 0 Å². The molecule has 0 N–H and O–H groups in total. The highest BCUT2D eigenvalue weighted by Gasteiger charge is 2.36. The third kappa shape index (κ3) is 5.97. The van der Waals surface area contributed by atoms with Crippen molar-refractivity contribution in [3.05, 3.63) is 101 Å². The van der Waals surface area contributed by atoms with Gasteiger partial charge in [-0.15, -0.1) is 5.10 Å². The Morgan fingerprint density at radius 1 is 0.923 bits per heavy atom. The number of hydrogen-bond acceptors (Lipinski definition) is 7. The monoisotopic (exact) mass is 526 g/mol. The minimum Gasteiger partial charge on any atom is -0.493 e. The molecule has 0 amide bonds. The summed E-state index contributed by atoms with van der Waals surface area (Å²) in [5.41, 5.74) is 4.58. The van der Waals surface area contributed by atoms with E-state index in [1.165, 1.54) is 5.56 Å². The van der Waals surface area contributed by atoms with Gasteiger partial charge in [-0.25, -0.2) is 0 Å². The zero-order chi connectivity index (χ0) is 27.2. The molecule has 2 heterocycles. The van der Waals surface area contributed by atoms with Gasteiger partial charge in [-0.1, -0.05) is 60.7 Å². The molecule has 1 aliphatic carbocycles. The van der Waals surface area contributed by atoms with Crippen LogP contribution in [0.15, 0.2) is 78.3 Å². The Morgan fingerprint density at radius 2 is 1.64 bits per heavy atom. The molecule has 3 aromatic rings. The molecule has 2 aliphatic rings. The maximum Gasteiger partial charge on any atom is 0.174 e. The van der Waals surface area contributed by atoms with E-state index in [9.17, 15) is 0 Å². The summed E-state index contributed by atoms with van der Waals surface area (Å²) in [7, 11) is 3.38. The van der Waals surface area contributed by atoms with Crippen LogP contribution in [-0.2, 0) is 9.47 Å². The summed E-state index contributed by atoms with van der Waals surface area (Å²) in [6, 6.07) is 16.8. The van der Waals surface area contributed by atoms with Crippen LogP contribution in [0.1, 0.15) is 35.0 Å². The Bertz CT molecular complexity index is 1320. The van der Waals surface area contributed by atoms with Crippen molar-refractivity contribution in [2.75, 3.05) is 46.9 Å². The third-order valence-electron chi connectivity index (χ3n) is 7.71. The summed E-state index contributed by atoms with van der Waals surface area (Å²) >= 11 is 0. The number of tetrazole rings is 1. The summed E-state index contributed by atoms with van der Waals surface area (Å²) in [5.74, 6) is 2.53. The average Bonchev–Trinajstić information content (AvgIpc) is 3.43. The number of piperazine rings is 1. The van der Waals surface area contributed by atoms with Crippen molar-refractivity contribution >= 4 is 6.08 Å². The van der Waals surface area contributed by atoms with Gasteiger partial charge in [0.1, 0.15) is 0 Å². The van der Waals surface area contributed by atoms with Crippen molar-refractivity contribution in [2.24, 2.45) is 5.92 Å². The fraction of sp³-hybridized carbons (Fsp3) is 0.387. The SMILES string of the molecule is COC1=CCC([C@@H](c2nnnn2-c2c(C)cccc2C)N2CCN(C/C=C/c3ccccc3)CC2)C=C1OC. The highest BCUT2D eigenvalue weighted by atomic mass is 16.5. The van der Waals surface area contributed by atoms with Crippen molar-refractivity contribution in [2.45, 2.75) is 26.3 Å². The molecule has 204 valence electrons. The van der Waals surface area contributed by atoms with Crippen molar-refractivity contribution in [1.82, 2.24) is 30.0 Å². The van der Waals surface area contributed by atoms with Crippen LogP contribution >= 0.6 is 0 Å². The molecule has 2 atom stereocenters. The van der Waals surface area contributed by atoms with E-state index in [0.717, 1.165) is 73.3 Å². The normalized spacial score (nSPS) is 19.5. The van der Waals surface area contributed by atoms with Crippen molar-refractivity contribution in [1.29, 1.82) is 0 Å². The first-order valence-corrected chi connectivity index (χ1v) is 13.6. The second kappa shape index (κ2) is 12.4. The first-order chi connectivity index (χ1) is 19.1. The van der Waals surface area contributed by atoms with Gasteiger partial charge in [0, 0.05) is 38.6 Å². The van der Waals surface area contributed by atoms with Gasteiger partial charge in [-0.3, -0.25) is 9.80 Å². The van der Waals surface area contributed by atoms with Gasteiger partial charge in [0.25, 0.3) is 0 Å². The molecule has 0 spiro atoms. The fourth-order valence-corrected chi connectivity index (χ4v) is 5.69. The van der Waals surface area contributed by atoms with E-state index in [-0.39, 0.29) is 12.0 Å². The number of aryl methyl sites for hydroxylation is 2. The summed E-state index contributed by atoms with van der Waals surface area (Å²) in [5, 5.41) is 13.3. The van der Waals surface area contributed by atoms with E-state index >= 15 is 0 Å². The number of benzene rings is 2. The Morgan fingerprint density at radius 3 is 2.33 bits per heavy atom. The predicted molar refractivity (Wildman–Crippen MR) is 153 cm³/mol. The Balaban J connectivity index is 1.40. The van der Waals surface area contributed by atoms with Gasteiger partial charge < -0.3 is 9.47 Å². The molecular formula is C31H38N6O2. The van der Waals surface area contributed by atoms with Gasteiger partial charge in [0.2, 0.25) is 0 Å². The molecular weight excluding hydrogens is 488 g/mol. The Hall–Kier alpha value is -3.75. The van der Waals surface area contributed by atoms with Crippen molar-refractivity contribution < 1.29 is 9.47 Å². The first-order valence-electron chi connectivity index (χ1n) is 13.6. The van der Waals surface area contributed by atoms with Crippen molar-refractivity contribution in [3.8, 4) is 5.69 Å². The predicted octanol–water partition coefficient (Wildman–Crippen LogP) is 4.73. The number of rotatable bonds is 9. The summed E-state index contributed by atoms with van der Waals surface area (Å²) in [4.78, 5) is 5.04. The standard InChI is InChI=1S/C31H38N6O2/c1-23-10-8-11-24(2)29(23)37-31(32-33-34-37)30(26-15-16-27(38-3)28(22-26)39-4)36-20-18-35(19-21-36)17-9-14-25-12-6-5-7-13-25/h5-14,16,22,26,30H,15,17-21H2,1-4H3/b14-9+/t26?,30-/m0/s1. The van der Waals surface area contributed by atoms with E-state index in [0.29, 0.717) is 0 Å². The van der Waals surface area contributed by atoms with E-state index in [1.54, 1.807) is 14.2 Å². The number of methoxy groups -OCH3 is 2. The van der Waals surface area contributed by atoms with E-state index < -0.39 is 0 Å². The lowest BCUT2D eigenvalue weighted by Gasteiger charge is -2.41. The second-order valence-corrected chi connectivity index (χ2v) is 10.2. The zero-order valence-corrected chi connectivity index (χ0v) is 23.3. The van der Waals surface area contributed by atoms with Crippen LogP contribution in [0.4, 0.5) is 0 Å². The van der Waals surface area contributed by atoms with Crippen LogP contribution in [-0.4, -0.2) is 77.0 Å². The summed E-state index contributed by atoms with van der Waals surface area (Å²) in [6.45, 7) is 8.97. The highest BCUT2D eigenvalue weighted by Crippen LogP contribution is 2.37. The molecule has 8 heteroatoms. The van der Waals surface area contributed by atoms with E-state index in [2.05, 4.69) is 106 Å². The molecule has 8 nitrogen and oxygen atoms in total. The Labute approximate surface area is 231 Å². The third-order valence-corrected chi connectivity index (χ3v) is 7.71. The molecule has 1 fully saturated rings. The number of allylic oxidation sites excluding steroid dienone is 1. The number of ether oxygens (including phenoxy) is 2. The van der Waals surface area contributed by atoms with Crippen molar-refractivity contribution in [3.63, 3.8) is 0 Å². The van der Waals surface area contributed by atoms with Gasteiger partial charge in [-0.05, 0) is 59.5 Å². The Kier molecular flexibility index (Phi) is 8.54. The largest absolute Gasteiger partial charge is 0.493 e. The average molecular weight is 527 g/mol. The molecule has 0 bridgehead atoms. The summed E-state index contributed by atoms with van der Waals surface area (Å²) in [6.07, 6.45) is 9.58. The van der Waals surface area contributed by atoms with Gasteiger partial charge >= 0.3 is 0 Å². The lowest BCUT2D eigenvalue weighted by atomic mass is 9.89. The van der Waals surface area contributed by atoms with Gasteiger partial charge in [-0.2, -0.15) is 4.68 Å². The van der Waals surface area contributed by atoms with Gasteiger partial charge in [0.15, 0.2) is 17.3 Å². The molecule has 1 unspecified atom stereocenters. The fourth-order valence-electron chi connectivity index (χ4n) is 5.69. The molecule has 2 aromatic carbocycles. The van der Waals surface area contributed by atoms with Gasteiger partial charge in [0.05, 0.1) is 25.9 Å². The maximum absolute atomic E-state index is 5.71. The molecule has 1 aromatic heterocycles. The van der Waals surface area contributed by atoms with Crippen LogP contribution in [0.25, 0.3) is 11.8 Å². The maximum atomic E-state index is 5.71. The van der Waals surface area contributed by atoms with E-state index in [4.69, 9.17) is 9.47 Å². The van der Waals surface area contributed by atoms with Crippen LogP contribution in [0.2, 0.25) is 0 Å². The lowest BCUT2D eigenvalue weighted by molar-refractivity contribution is 0.0761. The minimum absolute atomic E-state index is 0.0131. The first kappa shape index (κ1) is 26.8. The van der Waals surface area contributed by atoms with Crippen LogP contribution < -0.4 is 0 Å². The number of para-hydroxylation sites is 1. The molecule has 39 heavy (non-hydrogen) atoms. The zero-order valence-electron chi connectivity index (χ0n) is 23.3. The minimum atomic E-state index is -0.0131. The number of aromatic nitrogens is 4. The molecule has 0 radical (unpaired) electrons. The second-order valence-electron chi connectivity index (χ2n) is 10.2. The lowest BCUT2D eigenvalue weighted by Crippen LogP contribution is -2.49. The summed E-state index contributed by atoms with van der Waals surface area (Å²) < 4.78 is 13.2.